The van der Waals surface area contributed by atoms with Gasteiger partial charge in [-0.15, -0.1) is 0 Å². The summed E-state index contributed by atoms with van der Waals surface area (Å²) in [5.41, 5.74) is 1.41. The normalized spacial score (nSPS) is 10.1. The van der Waals surface area contributed by atoms with Crippen LogP contribution < -0.4 is 4.74 Å². The fourth-order valence-corrected chi connectivity index (χ4v) is 1.94. The summed E-state index contributed by atoms with van der Waals surface area (Å²) in [6.07, 6.45) is 2.16. The first-order valence-electron chi connectivity index (χ1n) is 6.35. The number of hydrogen-bond acceptors (Lipinski definition) is 4. The van der Waals surface area contributed by atoms with Crippen LogP contribution in [0.1, 0.15) is 52.5 Å². The molecule has 0 aliphatic carbocycles. The maximum Gasteiger partial charge on any atom is 0.338 e. The molecular formula is C15H20O4. The van der Waals surface area contributed by atoms with Crippen molar-refractivity contribution in [2.45, 2.75) is 33.1 Å². The maximum atomic E-state index is 12.2. The molecule has 1 aromatic carbocycles. The minimum absolute atomic E-state index is 0.0516. The van der Waals surface area contributed by atoms with Gasteiger partial charge in [0.1, 0.15) is 5.75 Å². The Hall–Kier alpha value is -1.84. The van der Waals surface area contributed by atoms with Gasteiger partial charge < -0.3 is 9.47 Å². The van der Waals surface area contributed by atoms with Gasteiger partial charge >= 0.3 is 5.97 Å². The van der Waals surface area contributed by atoms with Crippen LogP contribution in [0.3, 0.4) is 0 Å². The smallest absolute Gasteiger partial charge is 0.338 e. The minimum Gasteiger partial charge on any atom is -0.497 e. The number of unbranched alkanes of at least 4 members (excludes halogenated alkanes) is 1. The summed E-state index contributed by atoms with van der Waals surface area (Å²) in [4.78, 5) is 24.0. The van der Waals surface area contributed by atoms with Gasteiger partial charge in [0.25, 0.3) is 0 Å². The lowest BCUT2D eigenvalue weighted by molar-refractivity contribution is 0.0596. The molecule has 0 unspecified atom stereocenters. The second kappa shape index (κ2) is 6.92. The van der Waals surface area contributed by atoms with E-state index in [0.29, 0.717) is 28.9 Å². The van der Waals surface area contributed by atoms with Gasteiger partial charge in [-0.25, -0.2) is 4.79 Å². The van der Waals surface area contributed by atoms with Crippen molar-refractivity contribution in [3.05, 3.63) is 28.8 Å². The number of rotatable bonds is 6. The molecule has 0 N–H and O–H groups in total. The third-order valence-corrected chi connectivity index (χ3v) is 2.99. The van der Waals surface area contributed by atoms with Gasteiger partial charge in [-0.2, -0.15) is 0 Å². The van der Waals surface area contributed by atoms with Gasteiger partial charge in [0.2, 0.25) is 0 Å². The molecule has 0 bridgehead atoms. The number of esters is 1. The molecule has 19 heavy (non-hydrogen) atoms. The fraction of sp³-hybridized carbons (Fsp3) is 0.467. The molecule has 4 heteroatoms. The first kappa shape index (κ1) is 15.2. The average molecular weight is 264 g/mol. The highest BCUT2D eigenvalue weighted by molar-refractivity contribution is 6.07. The second-order valence-corrected chi connectivity index (χ2v) is 4.39. The Kier molecular flexibility index (Phi) is 5.55. The molecule has 4 nitrogen and oxygen atoms in total. The Morgan fingerprint density at radius 3 is 2.42 bits per heavy atom. The average Bonchev–Trinajstić information content (AvgIpc) is 2.42. The van der Waals surface area contributed by atoms with Gasteiger partial charge in [-0.3, -0.25) is 4.79 Å². The molecule has 0 atom stereocenters. The Morgan fingerprint density at radius 1 is 1.21 bits per heavy atom. The van der Waals surface area contributed by atoms with E-state index in [1.807, 2.05) is 6.92 Å². The highest BCUT2D eigenvalue weighted by atomic mass is 16.5. The Morgan fingerprint density at radius 2 is 1.89 bits per heavy atom. The first-order valence-corrected chi connectivity index (χ1v) is 6.35. The van der Waals surface area contributed by atoms with Crippen molar-refractivity contribution in [2.75, 3.05) is 14.2 Å². The highest BCUT2D eigenvalue weighted by Crippen LogP contribution is 2.24. The summed E-state index contributed by atoms with van der Waals surface area (Å²) in [5, 5.41) is 0. The van der Waals surface area contributed by atoms with Crippen LogP contribution in [0.4, 0.5) is 0 Å². The van der Waals surface area contributed by atoms with E-state index in [1.54, 1.807) is 19.1 Å². The monoisotopic (exact) mass is 264 g/mol. The van der Waals surface area contributed by atoms with Gasteiger partial charge in [0.05, 0.1) is 19.8 Å². The van der Waals surface area contributed by atoms with Crippen molar-refractivity contribution >= 4 is 11.8 Å². The number of carbonyl (C=O) groups excluding carboxylic acids is 2. The zero-order valence-electron chi connectivity index (χ0n) is 11.9. The topological polar surface area (TPSA) is 52.6 Å². The van der Waals surface area contributed by atoms with Crippen LogP contribution in [-0.2, 0) is 4.74 Å². The van der Waals surface area contributed by atoms with Crippen molar-refractivity contribution < 1.29 is 19.1 Å². The third kappa shape index (κ3) is 3.56. The molecule has 0 amide bonds. The Balaban J connectivity index is 3.27. The third-order valence-electron chi connectivity index (χ3n) is 2.99. The SMILES string of the molecule is CCCCC(=O)c1cc(OC)cc(C)c1C(=O)OC. The largest absolute Gasteiger partial charge is 0.497 e. The molecule has 0 aliphatic heterocycles. The lowest BCUT2D eigenvalue weighted by atomic mass is 9.96. The molecule has 0 saturated heterocycles. The molecular weight excluding hydrogens is 244 g/mol. The minimum atomic E-state index is -0.486. The van der Waals surface area contributed by atoms with Crippen LogP contribution in [-0.4, -0.2) is 26.0 Å². The second-order valence-electron chi connectivity index (χ2n) is 4.39. The van der Waals surface area contributed by atoms with Crippen LogP contribution in [0, 0.1) is 6.92 Å². The number of aryl methyl sites for hydroxylation is 1. The summed E-state index contributed by atoms with van der Waals surface area (Å²) >= 11 is 0. The van der Waals surface area contributed by atoms with E-state index in [1.165, 1.54) is 14.2 Å². The predicted octanol–water partition coefficient (Wildman–Crippen LogP) is 3.16. The van der Waals surface area contributed by atoms with Crippen LogP contribution >= 0.6 is 0 Å². The van der Waals surface area contributed by atoms with Crippen LogP contribution in [0.2, 0.25) is 0 Å². The molecule has 0 aliphatic rings. The highest BCUT2D eigenvalue weighted by Gasteiger charge is 2.21. The van der Waals surface area contributed by atoms with Gasteiger partial charge in [-0.1, -0.05) is 13.3 Å². The lowest BCUT2D eigenvalue weighted by Gasteiger charge is -2.12. The molecule has 0 heterocycles. The fourth-order valence-electron chi connectivity index (χ4n) is 1.94. The van der Waals surface area contributed by atoms with E-state index in [4.69, 9.17) is 9.47 Å². The molecule has 0 fully saturated rings. The summed E-state index contributed by atoms with van der Waals surface area (Å²) in [5.74, 6) is 0.0363. The van der Waals surface area contributed by atoms with Crippen molar-refractivity contribution in [1.82, 2.24) is 0 Å². The predicted molar refractivity (Wildman–Crippen MR) is 72.9 cm³/mol. The molecule has 1 aromatic rings. The van der Waals surface area contributed by atoms with Gasteiger partial charge in [-0.05, 0) is 31.0 Å². The standard InChI is InChI=1S/C15H20O4/c1-5-6-7-13(16)12-9-11(18-3)8-10(2)14(12)15(17)19-4/h8-9H,5-7H2,1-4H3. The van der Waals surface area contributed by atoms with Crippen molar-refractivity contribution in [3.63, 3.8) is 0 Å². The van der Waals surface area contributed by atoms with Crippen LogP contribution in [0.25, 0.3) is 0 Å². The van der Waals surface area contributed by atoms with E-state index in [0.717, 1.165) is 12.8 Å². The van der Waals surface area contributed by atoms with Gasteiger partial charge in [0.15, 0.2) is 5.78 Å². The number of methoxy groups -OCH3 is 2. The molecule has 1 rings (SSSR count). The molecule has 0 aromatic heterocycles. The van der Waals surface area contributed by atoms with E-state index >= 15 is 0 Å². The van der Waals surface area contributed by atoms with Crippen molar-refractivity contribution in [3.8, 4) is 5.75 Å². The summed E-state index contributed by atoms with van der Waals surface area (Å²) in [7, 11) is 2.85. The number of ether oxygens (including phenoxy) is 2. The Labute approximate surface area is 113 Å². The van der Waals surface area contributed by atoms with Crippen LogP contribution in [0.5, 0.6) is 5.75 Å². The number of Topliss-reactive ketones (excluding diaryl/α,β-unsaturated/α-hetero) is 1. The van der Waals surface area contributed by atoms with Crippen molar-refractivity contribution in [1.29, 1.82) is 0 Å². The molecule has 0 radical (unpaired) electrons. The quantitative estimate of drug-likeness (QED) is 0.585. The number of ketones is 1. The first-order chi connectivity index (χ1) is 9.04. The van der Waals surface area contributed by atoms with Crippen molar-refractivity contribution in [2.24, 2.45) is 0 Å². The summed E-state index contributed by atoms with van der Waals surface area (Å²) < 4.78 is 9.91. The van der Waals surface area contributed by atoms with E-state index in [-0.39, 0.29) is 5.78 Å². The summed E-state index contributed by atoms with van der Waals surface area (Å²) in [6.45, 7) is 3.79. The molecule has 0 spiro atoms. The lowest BCUT2D eigenvalue weighted by Crippen LogP contribution is -2.13. The zero-order valence-corrected chi connectivity index (χ0v) is 11.9. The zero-order chi connectivity index (χ0) is 14.4. The molecule has 104 valence electrons. The summed E-state index contributed by atoms with van der Waals surface area (Å²) in [6, 6.07) is 3.33. The van der Waals surface area contributed by atoms with Crippen LogP contribution in [0.15, 0.2) is 12.1 Å². The van der Waals surface area contributed by atoms with E-state index in [2.05, 4.69) is 0 Å². The number of carbonyl (C=O) groups is 2. The number of benzene rings is 1. The maximum absolute atomic E-state index is 12.2. The molecule has 0 saturated carbocycles. The van der Waals surface area contributed by atoms with E-state index in [9.17, 15) is 9.59 Å². The van der Waals surface area contributed by atoms with Gasteiger partial charge in [0, 0.05) is 12.0 Å². The Bertz CT molecular complexity index is 477. The van der Waals surface area contributed by atoms with E-state index < -0.39 is 5.97 Å². The number of hydrogen-bond donors (Lipinski definition) is 0.